The van der Waals surface area contributed by atoms with Crippen molar-refractivity contribution in [2.24, 2.45) is 0 Å². The van der Waals surface area contributed by atoms with Gasteiger partial charge >= 0.3 is 0 Å². The van der Waals surface area contributed by atoms with Gasteiger partial charge in [-0.1, -0.05) is 29.5 Å². The molecule has 0 unspecified atom stereocenters. The number of fused-ring (bicyclic) bond motifs is 1. The highest BCUT2D eigenvalue weighted by atomic mass is 32.1. The maximum absolute atomic E-state index is 12.5. The Balaban J connectivity index is 2.14. The van der Waals surface area contributed by atoms with Crippen molar-refractivity contribution in [2.45, 2.75) is 27.3 Å². The first-order valence-electron chi connectivity index (χ1n) is 6.46. The first kappa shape index (κ1) is 13.0. The molecule has 20 heavy (non-hydrogen) atoms. The Bertz CT molecular complexity index is 848. The minimum Gasteiger partial charge on any atom is -0.267 e. The van der Waals surface area contributed by atoms with Crippen LogP contribution in [0.3, 0.4) is 0 Å². The van der Waals surface area contributed by atoms with E-state index in [-0.39, 0.29) is 5.56 Å². The Hall–Kier alpha value is -2.01. The van der Waals surface area contributed by atoms with Crippen LogP contribution in [-0.4, -0.2) is 15.0 Å². The fraction of sp³-hybridized carbons (Fsp3) is 0.267. The fourth-order valence-corrected chi connectivity index (χ4v) is 3.21. The van der Waals surface area contributed by atoms with Crippen LogP contribution in [0.1, 0.15) is 21.6 Å². The van der Waals surface area contributed by atoms with Gasteiger partial charge in [0.15, 0.2) is 4.83 Å². The Morgan fingerprint density at radius 2 is 1.95 bits per heavy atom. The van der Waals surface area contributed by atoms with Crippen LogP contribution in [-0.2, 0) is 6.54 Å². The predicted molar refractivity (Wildman–Crippen MR) is 81.4 cm³/mol. The van der Waals surface area contributed by atoms with Crippen molar-refractivity contribution in [3.05, 3.63) is 56.2 Å². The van der Waals surface area contributed by atoms with Gasteiger partial charge in [0.05, 0.1) is 11.9 Å². The molecule has 0 atom stereocenters. The largest absolute Gasteiger partial charge is 0.279 e. The minimum absolute atomic E-state index is 0.0555. The van der Waals surface area contributed by atoms with Crippen LogP contribution in [0.15, 0.2) is 29.1 Å². The van der Waals surface area contributed by atoms with Crippen LogP contribution < -0.4 is 5.56 Å². The van der Waals surface area contributed by atoms with E-state index in [0.717, 1.165) is 26.4 Å². The average molecular weight is 285 g/mol. The molecule has 0 saturated carbocycles. The van der Waals surface area contributed by atoms with E-state index in [9.17, 15) is 4.79 Å². The number of benzene rings is 1. The van der Waals surface area contributed by atoms with Gasteiger partial charge < -0.3 is 0 Å². The summed E-state index contributed by atoms with van der Waals surface area (Å²) in [5.74, 6) is 0. The van der Waals surface area contributed by atoms with E-state index in [2.05, 4.69) is 10.3 Å². The Kier molecular flexibility index (Phi) is 3.14. The molecule has 3 aromatic rings. The van der Waals surface area contributed by atoms with Gasteiger partial charge in [-0.3, -0.25) is 4.79 Å². The van der Waals surface area contributed by atoms with Crippen molar-refractivity contribution < 1.29 is 0 Å². The van der Waals surface area contributed by atoms with Crippen molar-refractivity contribution in [3.63, 3.8) is 0 Å². The summed E-state index contributed by atoms with van der Waals surface area (Å²) >= 11 is 1.52. The molecule has 0 aliphatic rings. The number of aromatic nitrogens is 3. The molecule has 2 heterocycles. The lowest BCUT2D eigenvalue weighted by Crippen LogP contribution is -2.25. The van der Waals surface area contributed by atoms with Gasteiger partial charge in [-0.2, -0.15) is 0 Å². The smallest absolute Gasteiger partial charge is 0.267 e. The zero-order chi connectivity index (χ0) is 14.3. The van der Waals surface area contributed by atoms with Crippen molar-refractivity contribution >= 4 is 21.6 Å². The summed E-state index contributed by atoms with van der Waals surface area (Å²) < 4.78 is 1.45. The summed E-state index contributed by atoms with van der Waals surface area (Å²) in [4.78, 5) is 14.4. The van der Waals surface area contributed by atoms with Crippen LogP contribution >= 0.6 is 11.3 Å². The fourth-order valence-electron chi connectivity index (χ4n) is 2.25. The third kappa shape index (κ3) is 2.04. The van der Waals surface area contributed by atoms with Gasteiger partial charge in [0, 0.05) is 4.88 Å². The molecule has 4 nitrogen and oxygen atoms in total. The number of hydrogen-bond acceptors (Lipinski definition) is 4. The summed E-state index contributed by atoms with van der Waals surface area (Å²) in [5, 5.41) is 8.95. The SMILES string of the molecule is Cc1ccccc1Cn1nnc2sc(C)c(C)c2c1=O. The highest BCUT2D eigenvalue weighted by Gasteiger charge is 2.13. The topological polar surface area (TPSA) is 47.8 Å². The summed E-state index contributed by atoms with van der Waals surface area (Å²) in [6, 6.07) is 8.01. The number of thiophene rings is 1. The molecule has 1 aromatic carbocycles. The second-order valence-corrected chi connectivity index (χ2v) is 6.15. The van der Waals surface area contributed by atoms with Gasteiger partial charge in [-0.25, -0.2) is 4.68 Å². The van der Waals surface area contributed by atoms with Gasteiger partial charge in [-0.05, 0) is 37.5 Å². The molecule has 0 spiro atoms. The van der Waals surface area contributed by atoms with Crippen LogP contribution in [0.2, 0.25) is 0 Å². The summed E-state index contributed by atoms with van der Waals surface area (Å²) in [5.41, 5.74) is 3.20. The van der Waals surface area contributed by atoms with Gasteiger partial charge in [0.2, 0.25) is 0 Å². The molecule has 0 bridgehead atoms. The first-order valence-corrected chi connectivity index (χ1v) is 7.27. The lowest BCUT2D eigenvalue weighted by atomic mass is 10.1. The summed E-state index contributed by atoms with van der Waals surface area (Å²) in [6.45, 7) is 6.47. The monoisotopic (exact) mass is 285 g/mol. The third-order valence-corrected chi connectivity index (χ3v) is 4.73. The molecule has 0 fully saturated rings. The van der Waals surface area contributed by atoms with Gasteiger partial charge in [-0.15, -0.1) is 16.4 Å². The molecule has 5 heteroatoms. The quantitative estimate of drug-likeness (QED) is 0.727. The van der Waals surface area contributed by atoms with Crippen molar-refractivity contribution in [1.82, 2.24) is 15.0 Å². The first-order chi connectivity index (χ1) is 9.58. The molecule has 3 rings (SSSR count). The Labute approximate surface area is 120 Å². The molecule has 0 N–H and O–H groups in total. The lowest BCUT2D eigenvalue weighted by Gasteiger charge is -2.06. The molecule has 0 saturated heterocycles. The molecule has 102 valence electrons. The van der Waals surface area contributed by atoms with Crippen molar-refractivity contribution in [3.8, 4) is 0 Å². The minimum atomic E-state index is -0.0555. The number of hydrogen-bond donors (Lipinski definition) is 0. The van der Waals surface area contributed by atoms with E-state index >= 15 is 0 Å². The lowest BCUT2D eigenvalue weighted by molar-refractivity contribution is 0.600. The zero-order valence-corrected chi connectivity index (χ0v) is 12.5. The van der Waals surface area contributed by atoms with Crippen LogP contribution in [0, 0.1) is 20.8 Å². The van der Waals surface area contributed by atoms with E-state index in [0.29, 0.717) is 11.9 Å². The molecular weight excluding hydrogens is 270 g/mol. The van der Waals surface area contributed by atoms with Crippen LogP contribution in [0.4, 0.5) is 0 Å². The second-order valence-electron chi connectivity index (χ2n) is 4.94. The number of aryl methyl sites for hydroxylation is 3. The zero-order valence-electron chi connectivity index (χ0n) is 11.7. The molecule has 0 radical (unpaired) electrons. The highest BCUT2D eigenvalue weighted by molar-refractivity contribution is 7.18. The predicted octanol–water partition coefficient (Wildman–Crippen LogP) is 2.83. The third-order valence-electron chi connectivity index (χ3n) is 3.64. The van der Waals surface area contributed by atoms with E-state index in [1.165, 1.54) is 16.0 Å². The normalized spacial score (nSPS) is 11.2. The number of rotatable bonds is 2. The second kappa shape index (κ2) is 4.83. The molecule has 0 amide bonds. The molecule has 0 aliphatic carbocycles. The maximum atomic E-state index is 12.5. The summed E-state index contributed by atoms with van der Waals surface area (Å²) in [6.07, 6.45) is 0. The maximum Gasteiger partial charge on any atom is 0.279 e. The Morgan fingerprint density at radius 1 is 1.20 bits per heavy atom. The van der Waals surface area contributed by atoms with Gasteiger partial charge in [0.1, 0.15) is 0 Å². The van der Waals surface area contributed by atoms with E-state index < -0.39 is 0 Å². The van der Waals surface area contributed by atoms with Crippen molar-refractivity contribution in [2.75, 3.05) is 0 Å². The van der Waals surface area contributed by atoms with E-state index in [1.54, 1.807) is 0 Å². The molecule has 2 aromatic heterocycles. The average Bonchev–Trinajstić information content (AvgIpc) is 2.72. The highest BCUT2D eigenvalue weighted by Crippen LogP contribution is 2.25. The van der Waals surface area contributed by atoms with Crippen LogP contribution in [0.5, 0.6) is 0 Å². The molecular formula is C15H15N3OS. The number of nitrogens with zero attached hydrogens (tertiary/aromatic N) is 3. The summed E-state index contributed by atoms with van der Waals surface area (Å²) in [7, 11) is 0. The van der Waals surface area contributed by atoms with Crippen molar-refractivity contribution in [1.29, 1.82) is 0 Å². The standard InChI is InChI=1S/C15H15N3OS/c1-9-6-4-5-7-12(9)8-18-15(19)13-10(2)11(3)20-14(13)16-17-18/h4-7H,8H2,1-3H3. The van der Waals surface area contributed by atoms with Crippen LogP contribution in [0.25, 0.3) is 10.2 Å². The van der Waals surface area contributed by atoms with E-state index in [1.807, 2.05) is 45.0 Å². The van der Waals surface area contributed by atoms with E-state index in [4.69, 9.17) is 0 Å². The van der Waals surface area contributed by atoms with Gasteiger partial charge in [0.25, 0.3) is 5.56 Å². The molecule has 0 aliphatic heterocycles. The Morgan fingerprint density at radius 3 is 2.70 bits per heavy atom.